The van der Waals surface area contributed by atoms with Gasteiger partial charge in [-0.3, -0.25) is 0 Å². The van der Waals surface area contributed by atoms with Crippen LogP contribution in [0.5, 0.6) is 0 Å². The Kier molecular flexibility index (Phi) is 5.62. The zero-order valence-electron chi connectivity index (χ0n) is 10.1. The molecule has 5 heteroatoms. The van der Waals surface area contributed by atoms with Gasteiger partial charge in [-0.25, -0.2) is 8.42 Å². The van der Waals surface area contributed by atoms with Crippen molar-refractivity contribution >= 4 is 25.8 Å². The summed E-state index contributed by atoms with van der Waals surface area (Å²) >= 11 is 3.38. The van der Waals surface area contributed by atoms with Gasteiger partial charge in [-0.2, -0.15) is 0 Å². The second-order valence-electron chi connectivity index (χ2n) is 3.96. The normalized spacial score (nSPS) is 13.6. The lowest BCUT2D eigenvalue weighted by Gasteiger charge is -2.14. The first-order chi connectivity index (χ1) is 7.94. The van der Waals surface area contributed by atoms with Gasteiger partial charge in [0.25, 0.3) is 0 Å². The third-order valence-electron chi connectivity index (χ3n) is 2.67. The molecular formula is C12H18BrNO2S. The van der Waals surface area contributed by atoms with Gasteiger partial charge in [-0.1, -0.05) is 35.0 Å². The van der Waals surface area contributed by atoms with Crippen molar-refractivity contribution in [3.05, 3.63) is 34.3 Å². The van der Waals surface area contributed by atoms with E-state index in [4.69, 9.17) is 0 Å². The zero-order chi connectivity index (χ0) is 12.9. The number of hydrogen-bond donors (Lipinski definition) is 1. The fraction of sp³-hybridized carbons (Fsp3) is 0.500. The molecule has 1 aromatic rings. The van der Waals surface area contributed by atoms with Gasteiger partial charge < -0.3 is 5.32 Å². The highest BCUT2D eigenvalue weighted by atomic mass is 79.9. The van der Waals surface area contributed by atoms with E-state index in [1.165, 1.54) is 0 Å². The van der Waals surface area contributed by atoms with E-state index in [9.17, 15) is 8.42 Å². The third-order valence-corrected chi connectivity index (χ3v) is 4.91. The second kappa shape index (κ2) is 6.52. The van der Waals surface area contributed by atoms with Crippen LogP contribution >= 0.6 is 15.9 Å². The second-order valence-corrected chi connectivity index (χ2v) is 7.35. The number of rotatable bonds is 6. The van der Waals surface area contributed by atoms with Crippen LogP contribution in [-0.4, -0.2) is 26.5 Å². The minimum absolute atomic E-state index is 0.162. The van der Waals surface area contributed by atoms with E-state index in [2.05, 4.69) is 21.2 Å². The van der Waals surface area contributed by atoms with E-state index in [1.54, 1.807) is 6.92 Å². The Labute approximate surface area is 112 Å². The lowest BCUT2D eigenvalue weighted by molar-refractivity contribution is 0.573. The summed E-state index contributed by atoms with van der Waals surface area (Å²) in [4.78, 5) is 0. The molecule has 0 aliphatic rings. The van der Waals surface area contributed by atoms with Crippen molar-refractivity contribution in [3.63, 3.8) is 0 Å². The van der Waals surface area contributed by atoms with Crippen LogP contribution in [0.25, 0.3) is 0 Å². The molecule has 0 saturated heterocycles. The van der Waals surface area contributed by atoms with Crippen molar-refractivity contribution in [3.8, 4) is 0 Å². The predicted molar refractivity (Wildman–Crippen MR) is 74.9 cm³/mol. The smallest absolute Gasteiger partial charge is 0.151 e. The summed E-state index contributed by atoms with van der Waals surface area (Å²) in [5, 5.41) is 3.21. The maximum atomic E-state index is 11.3. The maximum Gasteiger partial charge on any atom is 0.151 e. The van der Waals surface area contributed by atoms with Crippen molar-refractivity contribution in [1.82, 2.24) is 5.32 Å². The number of halogens is 1. The molecule has 0 aliphatic heterocycles. The van der Waals surface area contributed by atoms with Crippen molar-refractivity contribution < 1.29 is 8.42 Å². The molecule has 0 fully saturated rings. The van der Waals surface area contributed by atoms with Crippen LogP contribution in [0.1, 0.15) is 25.5 Å². The Morgan fingerprint density at radius 3 is 2.41 bits per heavy atom. The first-order valence-electron chi connectivity index (χ1n) is 5.64. The van der Waals surface area contributed by atoms with Crippen LogP contribution in [0.4, 0.5) is 0 Å². The molecule has 17 heavy (non-hydrogen) atoms. The lowest BCUT2D eigenvalue weighted by Crippen LogP contribution is -2.26. The average Bonchev–Trinajstić information content (AvgIpc) is 2.29. The summed E-state index contributed by atoms with van der Waals surface area (Å²) in [5.74, 6) is 0.408. The number of nitrogens with one attached hydrogen (secondary N) is 1. The van der Waals surface area contributed by atoms with Crippen LogP contribution in [0.15, 0.2) is 28.7 Å². The Balaban J connectivity index is 2.45. The molecule has 0 radical (unpaired) electrons. The van der Waals surface area contributed by atoms with Crippen molar-refractivity contribution in [1.29, 1.82) is 0 Å². The largest absolute Gasteiger partial charge is 0.309 e. The SMILES string of the molecule is CCS(=O)(=O)CCN[C@@H](C)c1ccc(Br)cc1. The van der Waals surface area contributed by atoms with Gasteiger partial charge in [0, 0.05) is 22.8 Å². The monoisotopic (exact) mass is 319 g/mol. The minimum atomic E-state index is -2.87. The molecule has 1 atom stereocenters. The van der Waals surface area contributed by atoms with E-state index in [0.717, 1.165) is 10.0 Å². The topological polar surface area (TPSA) is 46.2 Å². The predicted octanol–water partition coefficient (Wildman–Crippen LogP) is 2.53. The van der Waals surface area contributed by atoms with E-state index in [1.807, 2.05) is 31.2 Å². The van der Waals surface area contributed by atoms with Crippen molar-refractivity contribution in [2.45, 2.75) is 19.9 Å². The molecule has 1 rings (SSSR count). The minimum Gasteiger partial charge on any atom is -0.309 e. The van der Waals surface area contributed by atoms with Crippen LogP contribution < -0.4 is 5.32 Å². The van der Waals surface area contributed by atoms with E-state index in [-0.39, 0.29) is 17.5 Å². The molecule has 0 heterocycles. The molecule has 0 aromatic heterocycles. The number of benzene rings is 1. The molecule has 1 N–H and O–H groups in total. The average molecular weight is 320 g/mol. The number of hydrogen-bond acceptors (Lipinski definition) is 3. The summed E-state index contributed by atoms with van der Waals surface area (Å²) in [6.45, 7) is 4.20. The van der Waals surface area contributed by atoms with Crippen molar-refractivity contribution in [2.24, 2.45) is 0 Å². The molecule has 3 nitrogen and oxygen atoms in total. The van der Waals surface area contributed by atoms with E-state index < -0.39 is 9.84 Å². The van der Waals surface area contributed by atoms with Gasteiger partial charge in [0.05, 0.1) is 5.75 Å². The fourth-order valence-electron chi connectivity index (χ4n) is 1.44. The molecule has 0 saturated carbocycles. The Hall–Kier alpha value is -0.390. The quantitative estimate of drug-likeness (QED) is 0.876. The van der Waals surface area contributed by atoms with Gasteiger partial charge in [-0.05, 0) is 24.6 Å². The summed E-state index contributed by atoms with van der Waals surface area (Å²) in [5.41, 5.74) is 1.15. The summed E-state index contributed by atoms with van der Waals surface area (Å²) in [6.07, 6.45) is 0. The van der Waals surface area contributed by atoms with Crippen molar-refractivity contribution in [2.75, 3.05) is 18.1 Å². The standard InChI is InChI=1S/C12H18BrNO2S/c1-3-17(15,16)9-8-14-10(2)11-4-6-12(13)7-5-11/h4-7,10,14H,3,8-9H2,1-2H3/t10-/m0/s1. The Bertz CT molecular complexity index is 442. The molecular weight excluding hydrogens is 302 g/mol. The van der Waals surface area contributed by atoms with E-state index >= 15 is 0 Å². The summed E-state index contributed by atoms with van der Waals surface area (Å²) in [7, 11) is -2.87. The molecule has 0 spiro atoms. The Morgan fingerprint density at radius 1 is 1.29 bits per heavy atom. The summed E-state index contributed by atoms with van der Waals surface area (Å²) in [6, 6.07) is 8.17. The molecule has 0 amide bonds. The fourth-order valence-corrected chi connectivity index (χ4v) is 2.43. The van der Waals surface area contributed by atoms with Gasteiger partial charge in [0.15, 0.2) is 9.84 Å². The molecule has 0 unspecified atom stereocenters. The van der Waals surface area contributed by atoms with Gasteiger partial charge in [0.1, 0.15) is 0 Å². The Morgan fingerprint density at radius 2 is 1.88 bits per heavy atom. The molecule has 0 aliphatic carbocycles. The maximum absolute atomic E-state index is 11.3. The zero-order valence-corrected chi connectivity index (χ0v) is 12.5. The molecule has 1 aromatic carbocycles. The first-order valence-corrected chi connectivity index (χ1v) is 8.25. The van der Waals surface area contributed by atoms with Crippen LogP contribution in [0.3, 0.4) is 0 Å². The summed E-state index contributed by atoms with van der Waals surface area (Å²) < 4.78 is 23.7. The highest BCUT2D eigenvalue weighted by Gasteiger charge is 2.09. The number of sulfone groups is 1. The van der Waals surface area contributed by atoms with Gasteiger partial charge in [0.2, 0.25) is 0 Å². The highest BCUT2D eigenvalue weighted by Crippen LogP contribution is 2.16. The van der Waals surface area contributed by atoms with Crippen LogP contribution in [0.2, 0.25) is 0 Å². The molecule has 0 bridgehead atoms. The van der Waals surface area contributed by atoms with E-state index in [0.29, 0.717) is 6.54 Å². The van der Waals surface area contributed by atoms with Crippen LogP contribution in [-0.2, 0) is 9.84 Å². The third kappa shape index (κ3) is 5.19. The van der Waals surface area contributed by atoms with Gasteiger partial charge in [-0.15, -0.1) is 0 Å². The first kappa shape index (κ1) is 14.7. The highest BCUT2D eigenvalue weighted by molar-refractivity contribution is 9.10. The van der Waals surface area contributed by atoms with Crippen LogP contribution in [0, 0.1) is 0 Å². The molecule has 96 valence electrons. The lowest BCUT2D eigenvalue weighted by atomic mass is 10.1. The van der Waals surface area contributed by atoms with Gasteiger partial charge >= 0.3 is 0 Å².